The van der Waals surface area contributed by atoms with Crippen molar-refractivity contribution < 1.29 is 19.4 Å². The largest absolute Gasteiger partial charge is 0.507 e. The first-order chi connectivity index (χ1) is 14.5. The number of unbranched alkanes of at least 4 members (excludes halogenated alkanes) is 3. The van der Waals surface area contributed by atoms with E-state index < -0.39 is 5.97 Å². The third kappa shape index (κ3) is 6.42. The summed E-state index contributed by atoms with van der Waals surface area (Å²) in [7, 11) is 0. The maximum atomic E-state index is 13.1. The maximum Gasteiger partial charge on any atom is 0.338 e. The van der Waals surface area contributed by atoms with Gasteiger partial charge >= 0.3 is 5.97 Å². The number of benzene rings is 2. The van der Waals surface area contributed by atoms with Gasteiger partial charge in [-0.25, -0.2) is 4.79 Å². The number of ketones is 1. The van der Waals surface area contributed by atoms with Gasteiger partial charge in [-0.15, -0.1) is 0 Å². The summed E-state index contributed by atoms with van der Waals surface area (Å²) in [6.07, 6.45) is 4.04. The lowest BCUT2D eigenvalue weighted by molar-refractivity contribution is 0.0495. The number of rotatable bonds is 12. The molecule has 0 spiro atoms. The van der Waals surface area contributed by atoms with Crippen LogP contribution in [0.2, 0.25) is 0 Å². The second kappa shape index (κ2) is 12.1. The Kier molecular flexibility index (Phi) is 9.55. The standard InChI is InChI=1S/C25H33NO4/c1-4-7-8-11-16-30-25(29)21-13-10-9-12-20(21)24(28)22-15-14-19(17-23(22)27)18-26(5-2)6-3/h9-10,12-15,17,27H,4-8,11,16,18H2,1-3H3. The molecule has 0 atom stereocenters. The van der Waals surface area contributed by atoms with Gasteiger partial charge in [-0.2, -0.15) is 0 Å². The Morgan fingerprint density at radius 1 is 0.900 bits per heavy atom. The highest BCUT2D eigenvalue weighted by molar-refractivity contribution is 6.15. The third-order valence-corrected chi connectivity index (χ3v) is 5.23. The van der Waals surface area contributed by atoms with E-state index >= 15 is 0 Å². The Balaban J connectivity index is 2.16. The van der Waals surface area contributed by atoms with Crippen molar-refractivity contribution in [1.29, 1.82) is 0 Å². The molecule has 5 nitrogen and oxygen atoms in total. The van der Waals surface area contributed by atoms with E-state index in [1.807, 2.05) is 6.07 Å². The fourth-order valence-corrected chi connectivity index (χ4v) is 3.35. The average Bonchev–Trinajstić information content (AvgIpc) is 2.76. The van der Waals surface area contributed by atoms with E-state index in [-0.39, 0.29) is 28.2 Å². The first-order valence-corrected chi connectivity index (χ1v) is 10.9. The number of nitrogens with zero attached hydrogens (tertiary/aromatic N) is 1. The lowest BCUT2D eigenvalue weighted by Gasteiger charge is -2.18. The monoisotopic (exact) mass is 411 g/mol. The van der Waals surface area contributed by atoms with Crippen LogP contribution >= 0.6 is 0 Å². The van der Waals surface area contributed by atoms with Crippen LogP contribution in [0, 0.1) is 0 Å². The smallest absolute Gasteiger partial charge is 0.338 e. The predicted molar refractivity (Wildman–Crippen MR) is 119 cm³/mol. The zero-order valence-electron chi connectivity index (χ0n) is 18.3. The highest BCUT2D eigenvalue weighted by atomic mass is 16.5. The Morgan fingerprint density at radius 3 is 2.23 bits per heavy atom. The Hall–Kier alpha value is -2.66. The van der Waals surface area contributed by atoms with Crippen LogP contribution in [0.1, 0.15) is 78.3 Å². The van der Waals surface area contributed by atoms with Crippen LogP contribution in [0.5, 0.6) is 5.75 Å². The molecule has 0 saturated carbocycles. The molecule has 5 heteroatoms. The summed E-state index contributed by atoms with van der Waals surface area (Å²) in [5.74, 6) is -0.971. The van der Waals surface area contributed by atoms with Gasteiger partial charge in [0.1, 0.15) is 5.75 Å². The van der Waals surface area contributed by atoms with Crippen LogP contribution in [0.4, 0.5) is 0 Å². The maximum absolute atomic E-state index is 13.1. The SMILES string of the molecule is CCCCCCOC(=O)c1ccccc1C(=O)c1ccc(CN(CC)CC)cc1O. The molecule has 162 valence electrons. The molecule has 30 heavy (non-hydrogen) atoms. The van der Waals surface area contributed by atoms with Gasteiger partial charge < -0.3 is 9.84 Å². The van der Waals surface area contributed by atoms with Crippen LogP contribution in [-0.2, 0) is 11.3 Å². The molecule has 0 amide bonds. The minimum absolute atomic E-state index is 0.0765. The molecule has 0 aliphatic carbocycles. The van der Waals surface area contributed by atoms with E-state index in [1.54, 1.807) is 36.4 Å². The van der Waals surface area contributed by atoms with Gasteiger partial charge in [0.25, 0.3) is 0 Å². The number of esters is 1. The van der Waals surface area contributed by atoms with E-state index in [4.69, 9.17) is 4.74 Å². The Bertz CT molecular complexity index is 843. The molecule has 0 unspecified atom stereocenters. The highest BCUT2D eigenvalue weighted by Crippen LogP contribution is 2.25. The number of carbonyl (C=O) groups is 2. The molecule has 0 aromatic heterocycles. The number of phenols is 1. The van der Waals surface area contributed by atoms with Crippen molar-refractivity contribution in [2.45, 2.75) is 53.0 Å². The number of aromatic hydroxyl groups is 1. The van der Waals surface area contributed by atoms with Crippen LogP contribution in [0.25, 0.3) is 0 Å². The van der Waals surface area contributed by atoms with Gasteiger partial charge in [0.2, 0.25) is 0 Å². The quantitative estimate of drug-likeness (QED) is 0.295. The van der Waals surface area contributed by atoms with Crippen molar-refractivity contribution in [3.63, 3.8) is 0 Å². The van der Waals surface area contributed by atoms with E-state index in [9.17, 15) is 14.7 Å². The highest BCUT2D eigenvalue weighted by Gasteiger charge is 2.21. The molecule has 0 aliphatic rings. The van der Waals surface area contributed by atoms with Crippen molar-refractivity contribution in [3.8, 4) is 5.75 Å². The van der Waals surface area contributed by atoms with Gasteiger partial charge in [-0.3, -0.25) is 9.69 Å². The molecule has 0 bridgehead atoms. The number of ether oxygens (including phenoxy) is 1. The fraction of sp³-hybridized carbons (Fsp3) is 0.440. The van der Waals surface area contributed by atoms with Crippen molar-refractivity contribution >= 4 is 11.8 Å². The van der Waals surface area contributed by atoms with E-state index in [1.165, 1.54) is 0 Å². The Morgan fingerprint density at radius 2 is 1.60 bits per heavy atom. The summed E-state index contributed by atoms with van der Waals surface area (Å²) in [4.78, 5) is 27.8. The fourth-order valence-electron chi connectivity index (χ4n) is 3.35. The van der Waals surface area contributed by atoms with E-state index in [0.717, 1.165) is 44.3 Å². The summed E-state index contributed by atoms with van der Waals surface area (Å²) < 4.78 is 5.36. The second-order valence-corrected chi connectivity index (χ2v) is 7.38. The van der Waals surface area contributed by atoms with Crippen molar-refractivity contribution in [3.05, 3.63) is 64.7 Å². The number of carbonyl (C=O) groups excluding carboxylic acids is 2. The zero-order chi connectivity index (χ0) is 21.9. The zero-order valence-corrected chi connectivity index (χ0v) is 18.3. The molecule has 0 heterocycles. The molecule has 0 aliphatic heterocycles. The van der Waals surface area contributed by atoms with Crippen LogP contribution in [-0.4, -0.2) is 41.5 Å². The summed E-state index contributed by atoms with van der Waals surface area (Å²) in [6, 6.07) is 11.7. The number of phenolic OH excluding ortho intramolecular Hbond substituents is 1. The minimum Gasteiger partial charge on any atom is -0.507 e. The second-order valence-electron chi connectivity index (χ2n) is 7.38. The summed E-state index contributed by atoms with van der Waals surface area (Å²) in [5.41, 5.74) is 1.58. The van der Waals surface area contributed by atoms with Crippen LogP contribution < -0.4 is 0 Å². The molecule has 2 rings (SSSR count). The Labute approximate surface area is 179 Å². The summed E-state index contributed by atoms with van der Waals surface area (Å²) in [6.45, 7) is 9.15. The molecule has 0 radical (unpaired) electrons. The van der Waals surface area contributed by atoms with Crippen molar-refractivity contribution in [2.75, 3.05) is 19.7 Å². The summed E-state index contributed by atoms with van der Waals surface area (Å²) in [5, 5.41) is 10.5. The number of hydrogen-bond donors (Lipinski definition) is 1. The average molecular weight is 412 g/mol. The number of hydrogen-bond acceptors (Lipinski definition) is 5. The lowest BCUT2D eigenvalue weighted by Crippen LogP contribution is -2.22. The predicted octanol–water partition coefficient (Wildman–Crippen LogP) is 5.20. The van der Waals surface area contributed by atoms with Gasteiger partial charge in [-0.1, -0.05) is 64.3 Å². The molecular weight excluding hydrogens is 378 g/mol. The first kappa shape index (κ1) is 23.6. The summed E-state index contributed by atoms with van der Waals surface area (Å²) >= 11 is 0. The molecule has 0 saturated heterocycles. The molecule has 2 aromatic rings. The lowest BCUT2D eigenvalue weighted by atomic mass is 9.96. The van der Waals surface area contributed by atoms with Gasteiger partial charge in [-0.05, 0) is 43.3 Å². The minimum atomic E-state index is -0.506. The normalized spacial score (nSPS) is 10.9. The molecule has 0 fully saturated rings. The topological polar surface area (TPSA) is 66.8 Å². The van der Waals surface area contributed by atoms with Gasteiger partial charge in [0.05, 0.1) is 17.7 Å². The van der Waals surface area contributed by atoms with Crippen molar-refractivity contribution in [1.82, 2.24) is 4.90 Å². The van der Waals surface area contributed by atoms with Gasteiger partial charge in [0.15, 0.2) is 5.78 Å². The molecule has 1 N–H and O–H groups in total. The molecule has 2 aromatic carbocycles. The van der Waals surface area contributed by atoms with E-state index in [0.29, 0.717) is 13.2 Å². The van der Waals surface area contributed by atoms with E-state index in [2.05, 4.69) is 25.7 Å². The van der Waals surface area contributed by atoms with Crippen molar-refractivity contribution in [2.24, 2.45) is 0 Å². The third-order valence-electron chi connectivity index (χ3n) is 5.23. The van der Waals surface area contributed by atoms with Crippen LogP contribution in [0.15, 0.2) is 42.5 Å². The molecular formula is C25H33NO4. The van der Waals surface area contributed by atoms with Crippen LogP contribution in [0.3, 0.4) is 0 Å². The van der Waals surface area contributed by atoms with Gasteiger partial charge in [0, 0.05) is 12.1 Å². The first-order valence-electron chi connectivity index (χ1n) is 10.9.